The lowest BCUT2D eigenvalue weighted by atomic mass is 10.1. The van der Waals surface area contributed by atoms with Crippen LogP contribution in [0, 0.1) is 5.92 Å². The Hall–Kier alpha value is -3.71. The van der Waals surface area contributed by atoms with Crippen LogP contribution in [0.25, 0.3) is 0 Å². The van der Waals surface area contributed by atoms with Gasteiger partial charge in [0.1, 0.15) is 5.75 Å². The summed E-state index contributed by atoms with van der Waals surface area (Å²) in [6, 6.07) is 23.8. The Morgan fingerprint density at radius 1 is 0.941 bits per heavy atom. The highest BCUT2D eigenvalue weighted by atomic mass is 32.1. The molecule has 0 spiro atoms. The van der Waals surface area contributed by atoms with Gasteiger partial charge >= 0.3 is 0 Å². The van der Waals surface area contributed by atoms with E-state index in [0.29, 0.717) is 41.6 Å². The average molecular weight is 476 g/mol. The fourth-order valence-electron chi connectivity index (χ4n) is 3.21. The van der Waals surface area contributed by atoms with Crippen molar-refractivity contribution in [2.45, 2.75) is 20.4 Å². The minimum Gasteiger partial charge on any atom is -0.493 e. The number of anilines is 1. The second-order valence-electron chi connectivity index (χ2n) is 8.37. The van der Waals surface area contributed by atoms with Crippen molar-refractivity contribution < 1.29 is 14.3 Å². The Kier molecular flexibility index (Phi) is 8.76. The Labute approximate surface area is 205 Å². The van der Waals surface area contributed by atoms with Gasteiger partial charge in [0.15, 0.2) is 5.11 Å². The maximum absolute atomic E-state index is 12.9. The molecule has 0 radical (unpaired) electrons. The van der Waals surface area contributed by atoms with E-state index in [4.69, 9.17) is 17.0 Å². The molecule has 0 bridgehead atoms. The molecule has 3 rings (SSSR count). The first-order valence-electron chi connectivity index (χ1n) is 11.1. The van der Waals surface area contributed by atoms with E-state index in [2.05, 4.69) is 24.5 Å². The molecule has 7 heteroatoms. The van der Waals surface area contributed by atoms with Gasteiger partial charge in [0, 0.05) is 30.4 Å². The number of amides is 2. The van der Waals surface area contributed by atoms with Gasteiger partial charge in [-0.05, 0) is 60.1 Å². The third kappa shape index (κ3) is 7.42. The molecule has 0 saturated heterocycles. The molecule has 0 aliphatic carbocycles. The summed E-state index contributed by atoms with van der Waals surface area (Å²) in [6.07, 6.45) is 0. The lowest BCUT2D eigenvalue weighted by molar-refractivity contribution is 0.0785. The van der Waals surface area contributed by atoms with Crippen LogP contribution in [-0.2, 0) is 6.54 Å². The Morgan fingerprint density at radius 2 is 1.65 bits per heavy atom. The second-order valence-corrected chi connectivity index (χ2v) is 8.78. The van der Waals surface area contributed by atoms with Gasteiger partial charge in [-0.25, -0.2) is 0 Å². The molecule has 0 aromatic heterocycles. The van der Waals surface area contributed by atoms with Crippen LogP contribution in [0.2, 0.25) is 0 Å². The molecule has 3 aromatic carbocycles. The van der Waals surface area contributed by atoms with Crippen molar-refractivity contribution in [1.29, 1.82) is 0 Å². The molecule has 0 fully saturated rings. The SMILES string of the molecule is CC(C)COc1cccc(C(=O)NC(=S)Nc2cccc(C(=O)N(C)Cc3ccccc3)c2)c1. The Bertz CT molecular complexity index is 1150. The molecule has 0 unspecified atom stereocenters. The van der Waals surface area contributed by atoms with E-state index in [1.165, 1.54) is 0 Å². The normalized spacial score (nSPS) is 10.5. The summed E-state index contributed by atoms with van der Waals surface area (Å²) in [5, 5.41) is 5.79. The number of carbonyl (C=O) groups is 2. The predicted molar refractivity (Wildman–Crippen MR) is 139 cm³/mol. The molecule has 0 aliphatic rings. The van der Waals surface area contributed by atoms with Gasteiger partial charge in [-0.15, -0.1) is 0 Å². The standard InChI is InChI=1S/C27H29N3O3S/c1-19(2)18-33-24-14-8-11-21(16-24)25(31)29-27(34)28-23-13-7-12-22(15-23)26(32)30(3)17-20-9-5-4-6-10-20/h4-16,19H,17-18H2,1-3H3,(H2,28,29,31,34). The van der Waals surface area contributed by atoms with Crippen LogP contribution < -0.4 is 15.4 Å². The summed E-state index contributed by atoms with van der Waals surface area (Å²) >= 11 is 5.31. The lowest BCUT2D eigenvalue weighted by Crippen LogP contribution is -2.34. The third-order valence-electron chi connectivity index (χ3n) is 4.88. The van der Waals surface area contributed by atoms with Gasteiger partial charge in [0.2, 0.25) is 0 Å². The van der Waals surface area contributed by atoms with Crippen LogP contribution in [-0.4, -0.2) is 35.5 Å². The Balaban J connectivity index is 1.59. The molecule has 6 nitrogen and oxygen atoms in total. The summed E-state index contributed by atoms with van der Waals surface area (Å²) in [5.41, 5.74) is 2.62. The number of ether oxygens (including phenoxy) is 1. The van der Waals surface area contributed by atoms with Crippen LogP contribution in [0.15, 0.2) is 78.9 Å². The van der Waals surface area contributed by atoms with Crippen LogP contribution in [0.5, 0.6) is 5.75 Å². The van der Waals surface area contributed by atoms with Crippen molar-refractivity contribution in [1.82, 2.24) is 10.2 Å². The topological polar surface area (TPSA) is 70.7 Å². The second kappa shape index (κ2) is 12.0. The van der Waals surface area contributed by atoms with Crippen molar-refractivity contribution in [3.05, 3.63) is 95.6 Å². The number of nitrogens with zero attached hydrogens (tertiary/aromatic N) is 1. The minimum absolute atomic E-state index is 0.110. The van der Waals surface area contributed by atoms with E-state index in [1.807, 2.05) is 36.4 Å². The number of nitrogens with one attached hydrogen (secondary N) is 2. The van der Waals surface area contributed by atoms with Crippen molar-refractivity contribution >= 4 is 34.8 Å². The van der Waals surface area contributed by atoms with Crippen molar-refractivity contribution in [3.63, 3.8) is 0 Å². The van der Waals surface area contributed by atoms with Crippen LogP contribution in [0.3, 0.4) is 0 Å². The molecule has 0 atom stereocenters. The summed E-state index contributed by atoms with van der Waals surface area (Å²) < 4.78 is 5.69. The van der Waals surface area contributed by atoms with E-state index in [0.717, 1.165) is 5.56 Å². The first-order chi connectivity index (χ1) is 16.3. The van der Waals surface area contributed by atoms with Crippen LogP contribution >= 0.6 is 12.2 Å². The fraction of sp³-hybridized carbons (Fsp3) is 0.222. The summed E-state index contributed by atoms with van der Waals surface area (Å²) in [4.78, 5) is 27.1. The fourth-order valence-corrected chi connectivity index (χ4v) is 3.42. The molecule has 0 aliphatic heterocycles. The quantitative estimate of drug-likeness (QED) is 0.443. The number of hydrogen-bond donors (Lipinski definition) is 2. The molecule has 176 valence electrons. The van der Waals surface area contributed by atoms with E-state index in [-0.39, 0.29) is 16.9 Å². The first kappa shape index (κ1) is 24.9. The molecular formula is C27H29N3O3S. The van der Waals surface area contributed by atoms with E-state index in [9.17, 15) is 9.59 Å². The highest BCUT2D eigenvalue weighted by Crippen LogP contribution is 2.16. The van der Waals surface area contributed by atoms with Gasteiger partial charge in [0.05, 0.1) is 6.61 Å². The van der Waals surface area contributed by atoms with Crippen molar-refractivity contribution in [2.24, 2.45) is 5.92 Å². The van der Waals surface area contributed by atoms with Gasteiger partial charge < -0.3 is 15.0 Å². The van der Waals surface area contributed by atoms with Crippen LogP contribution in [0.1, 0.15) is 40.1 Å². The first-order valence-corrected chi connectivity index (χ1v) is 11.5. The number of benzene rings is 3. The number of thiocarbonyl (C=S) groups is 1. The van der Waals surface area contributed by atoms with Crippen molar-refractivity contribution in [3.8, 4) is 5.75 Å². The molecule has 0 saturated carbocycles. The molecule has 2 amide bonds. The molecule has 3 aromatic rings. The summed E-state index contributed by atoms with van der Waals surface area (Å²) in [6.45, 7) is 5.20. The average Bonchev–Trinajstić information content (AvgIpc) is 2.83. The number of rotatable bonds is 8. The monoisotopic (exact) mass is 475 g/mol. The number of hydrogen-bond acceptors (Lipinski definition) is 4. The molecule has 0 heterocycles. The smallest absolute Gasteiger partial charge is 0.257 e. The third-order valence-corrected chi connectivity index (χ3v) is 5.09. The van der Waals surface area contributed by atoms with E-state index >= 15 is 0 Å². The minimum atomic E-state index is -0.345. The largest absolute Gasteiger partial charge is 0.493 e. The number of carbonyl (C=O) groups excluding carboxylic acids is 2. The zero-order valence-corrected chi connectivity index (χ0v) is 20.4. The van der Waals surface area contributed by atoms with Crippen LogP contribution in [0.4, 0.5) is 5.69 Å². The van der Waals surface area contributed by atoms with Gasteiger partial charge in [-0.3, -0.25) is 14.9 Å². The van der Waals surface area contributed by atoms with Gasteiger partial charge in [-0.2, -0.15) is 0 Å². The highest BCUT2D eigenvalue weighted by molar-refractivity contribution is 7.80. The lowest BCUT2D eigenvalue weighted by Gasteiger charge is -2.18. The highest BCUT2D eigenvalue weighted by Gasteiger charge is 2.14. The molecule has 2 N–H and O–H groups in total. The Morgan fingerprint density at radius 3 is 2.38 bits per heavy atom. The zero-order chi connectivity index (χ0) is 24.5. The van der Waals surface area contributed by atoms with E-state index < -0.39 is 0 Å². The summed E-state index contributed by atoms with van der Waals surface area (Å²) in [7, 11) is 1.76. The molecular weight excluding hydrogens is 446 g/mol. The van der Waals surface area contributed by atoms with Gasteiger partial charge in [-0.1, -0.05) is 56.3 Å². The zero-order valence-electron chi connectivity index (χ0n) is 19.6. The maximum atomic E-state index is 12.9. The van der Waals surface area contributed by atoms with E-state index in [1.54, 1.807) is 54.4 Å². The van der Waals surface area contributed by atoms with Gasteiger partial charge in [0.25, 0.3) is 11.8 Å². The molecule has 34 heavy (non-hydrogen) atoms. The van der Waals surface area contributed by atoms with Crippen molar-refractivity contribution in [2.75, 3.05) is 19.0 Å². The predicted octanol–water partition coefficient (Wildman–Crippen LogP) is 5.12. The summed E-state index contributed by atoms with van der Waals surface area (Å²) in [5.74, 6) is 0.559. The maximum Gasteiger partial charge on any atom is 0.257 e.